The summed E-state index contributed by atoms with van der Waals surface area (Å²) in [4.78, 5) is 15.7. The van der Waals surface area contributed by atoms with Gasteiger partial charge in [0.1, 0.15) is 0 Å². The molecule has 1 aliphatic heterocycles. The Morgan fingerprint density at radius 2 is 1.90 bits per heavy atom. The minimum absolute atomic E-state index is 0.0853. The van der Waals surface area contributed by atoms with Crippen LogP contribution >= 0.6 is 0 Å². The zero-order valence-corrected chi connectivity index (χ0v) is 17.8. The number of aryl methyl sites for hydroxylation is 1. The summed E-state index contributed by atoms with van der Waals surface area (Å²) in [7, 11) is 3.15. The van der Waals surface area contributed by atoms with E-state index in [-0.39, 0.29) is 6.61 Å². The molecule has 164 valence electrons. The summed E-state index contributed by atoms with van der Waals surface area (Å²) in [6, 6.07) is 7.30. The monoisotopic (exact) mass is 427 g/mol. The molecule has 1 aromatic carbocycles. The number of nitrogens with zero attached hydrogens (tertiary/aromatic N) is 5. The molecule has 0 atom stereocenters. The Kier molecular flexibility index (Phi) is 6.46. The number of ether oxygens (including phenoxy) is 4. The van der Waals surface area contributed by atoms with Crippen molar-refractivity contribution in [2.24, 2.45) is 0 Å². The first-order valence-electron chi connectivity index (χ1n) is 10.1. The second-order valence-corrected chi connectivity index (χ2v) is 6.79. The molecular formula is C21H25N5O5. The lowest BCUT2D eigenvalue weighted by Gasteiger charge is -2.27. The van der Waals surface area contributed by atoms with Crippen LogP contribution in [0.1, 0.15) is 18.5 Å². The van der Waals surface area contributed by atoms with Crippen molar-refractivity contribution >= 4 is 5.95 Å². The minimum atomic E-state index is 0.0853. The van der Waals surface area contributed by atoms with Crippen molar-refractivity contribution in [3.05, 3.63) is 35.9 Å². The van der Waals surface area contributed by atoms with Gasteiger partial charge in [-0.2, -0.15) is 9.97 Å². The fourth-order valence-electron chi connectivity index (χ4n) is 3.24. The number of para-hydroxylation sites is 1. The van der Waals surface area contributed by atoms with Crippen molar-refractivity contribution in [2.45, 2.75) is 20.0 Å². The third-order valence-corrected chi connectivity index (χ3v) is 4.86. The molecule has 10 nitrogen and oxygen atoms in total. The molecule has 3 aromatic rings. The molecule has 0 bridgehead atoms. The molecule has 0 aliphatic carbocycles. The molecule has 0 N–H and O–H groups in total. The number of morpholine rings is 1. The Hall–Kier alpha value is -3.40. The minimum Gasteiger partial charge on any atom is -0.493 e. The maximum atomic E-state index is 5.86. The number of anilines is 1. The van der Waals surface area contributed by atoms with Crippen LogP contribution in [-0.2, 0) is 17.8 Å². The first-order chi connectivity index (χ1) is 15.2. The zero-order valence-electron chi connectivity index (χ0n) is 17.8. The van der Waals surface area contributed by atoms with E-state index in [1.54, 1.807) is 20.3 Å². The molecule has 4 rings (SSSR count). The van der Waals surface area contributed by atoms with E-state index >= 15 is 0 Å². The average molecular weight is 427 g/mol. The summed E-state index contributed by atoms with van der Waals surface area (Å²) in [5.74, 6) is 2.95. The normalized spacial score (nSPS) is 13.8. The van der Waals surface area contributed by atoms with Gasteiger partial charge < -0.3 is 28.4 Å². The fourth-order valence-corrected chi connectivity index (χ4v) is 3.24. The smallest absolute Gasteiger partial charge is 0.264 e. The highest BCUT2D eigenvalue weighted by molar-refractivity contribution is 5.68. The molecule has 0 unspecified atom stereocenters. The summed E-state index contributed by atoms with van der Waals surface area (Å²) in [5, 5.41) is 4.05. The first kappa shape index (κ1) is 20.9. The van der Waals surface area contributed by atoms with Crippen LogP contribution in [0.5, 0.6) is 17.4 Å². The topological polar surface area (TPSA) is 105 Å². The molecule has 0 spiro atoms. The number of aromatic nitrogens is 4. The summed E-state index contributed by atoms with van der Waals surface area (Å²) in [6.45, 7) is 4.95. The predicted octanol–water partition coefficient (Wildman–Crippen LogP) is 2.52. The van der Waals surface area contributed by atoms with E-state index in [1.807, 2.05) is 25.1 Å². The SMILES string of the molecule is CCc1cc(OCc2nc(-c3cccc(OC)c3OC)no2)nc(N2CCOCC2)n1. The van der Waals surface area contributed by atoms with Gasteiger partial charge in [-0.15, -0.1) is 0 Å². The van der Waals surface area contributed by atoms with Crippen molar-refractivity contribution in [1.29, 1.82) is 0 Å². The van der Waals surface area contributed by atoms with Crippen LogP contribution in [0, 0.1) is 0 Å². The van der Waals surface area contributed by atoms with E-state index in [2.05, 4.69) is 25.0 Å². The summed E-state index contributed by atoms with van der Waals surface area (Å²) < 4.78 is 27.4. The molecule has 0 amide bonds. The highest BCUT2D eigenvalue weighted by Gasteiger charge is 2.19. The van der Waals surface area contributed by atoms with Gasteiger partial charge in [0, 0.05) is 24.8 Å². The van der Waals surface area contributed by atoms with Crippen LogP contribution in [-0.4, -0.2) is 60.6 Å². The maximum Gasteiger partial charge on any atom is 0.264 e. The van der Waals surface area contributed by atoms with Crippen LogP contribution < -0.4 is 19.1 Å². The van der Waals surface area contributed by atoms with Gasteiger partial charge in [-0.05, 0) is 18.6 Å². The largest absolute Gasteiger partial charge is 0.493 e. The van der Waals surface area contributed by atoms with Crippen LogP contribution in [0.2, 0.25) is 0 Å². The van der Waals surface area contributed by atoms with Gasteiger partial charge in [-0.1, -0.05) is 18.1 Å². The van der Waals surface area contributed by atoms with E-state index in [4.69, 9.17) is 23.5 Å². The molecule has 0 radical (unpaired) electrons. The summed E-state index contributed by atoms with van der Waals surface area (Å²) >= 11 is 0. The number of hydrogen-bond donors (Lipinski definition) is 0. The standard InChI is InChI=1S/C21H25N5O5/c1-4-14-12-17(24-21(22-14)26-8-10-29-11-9-26)30-13-18-23-20(25-31-18)15-6-5-7-16(27-2)19(15)28-3/h5-7,12H,4,8-11,13H2,1-3H3. The zero-order chi connectivity index (χ0) is 21.6. The Bertz CT molecular complexity index is 1020. The van der Waals surface area contributed by atoms with E-state index in [0.717, 1.165) is 25.2 Å². The fraction of sp³-hybridized carbons (Fsp3) is 0.429. The molecule has 1 saturated heterocycles. The van der Waals surface area contributed by atoms with E-state index in [0.29, 0.717) is 53.8 Å². The van der Waals surface area contributed by atoms with Crippen molar-refractivity contribution in [1.82, 2.24) is 20.1 Å². The second kappa shape index (κ2) is 9.61. The van der Waals surface area contributed by atoms with E-state index in [9.17, 15) is 0 Å². The highest BCUT2D eigenvalue weighted by atomic mass is 16.5. The first-order valence-corrected chi connectivity index (χ1v) is 10.1. The van der Waals surface area contributed by atoms with Crippen LogP contribution in [0.4, 0.5) is 5.95 Å². The Morgan fingerprint density at radius 1 is 1.06 bits per heavy atom. The van der Waals surface area contributed by atoms with Crippen LogP contribution in [0.25, 0.3) is 11.4 Å². The molecule has 10 heteroatoms. The molecule has 2 aromatic heterocycles. The molecule has 3 heterocycles. The number of hydrogen-bond acceptors (Lipinski definition) is 10. The van der Waals surface area contributed by atoms with Crippen molar-refractivity contribution in [2.75, 3.05) is 45.4 Å². The molecule has 1 fully saturated rings. The maximum absolute atomic E-state index is 5.86. The van der Waals surface area contributed by atoms with Crippen molar-refractivity contribution in [3.63, 3.8) is 0 Å². The summed E-state index contributed by atoms with van der Waals surface area (Å²) in [6.07, 6.45) is 0.774. The third-order valence-electron chi connectivity index (χ3n) is 4.86. The molecule has 31 heavy (non-hydrogen) atoms. The quantitative estimate of drug-likeness (QED) is 0.532. The Balaban J connectivity index is 1.50. The molecule has 0 saturated carbocycles. The highest BCUT2D eigenvalue weighted by Crippen LogP contribution is 2.36. The lowest BCUT2D eigenvalue weighted by atomic mass is 10.1. The van der Waals surface area contributed by atoms with Gasteiger partial charge in [-0.3, -0.25) is 0 Å². The van der Waals surface area contributed by atoms with Gasteiger partial charge in [0.25, 0.3) is 5.89 Å². The van der Waals surface area contributed by atoms with Gasteiger partial charge in [0.2, 0.25) is 17.7 Å². The third kappa shape index (κ3) is 4.69. The van der Waals surface area contributed by atoms with Crippen LogP contribution in [0.15, 0.2) is 28.8 Å². The van der Waals surface area contributed by atoms with Gasteiger partial charge in [0.15, 0.2) is 18.1 Å². The number of rotatable bonds is 8. The van der Waals surface area contributed by atoms with Crippen molar-refractivity contribution < 1.29 is 23.5 Å². The lowest BCUT2D eigenvalue weighted by molar-refractivity contribution is 0.122. The second-order valence-electron chi connectivity index (χ2n) is 6.79. The number of benzene rings is 1. The molecular weight excluding hydrogens is 402 g/mol. The number of methoxy groups -OCH3 is 2. The average Bonchev–Trinajstić information content (AvgIpc) is 3.31. The Morgan fingerprint density at radius 3 is 2.65 bits per heavy atom. The lowest BCUT2D eigenvalue weighted by Crippen LogP contribution is -2.37. The van der Waals surface area contributed by atoms with Crippen molar-refractivity contribution in [3.8, 4) is 28.8 Å². The van der Waals surface area contributed by atoms with E-state index < -0.39 is 0 Å². The molecule has 1 aliphatic rings. The Labute approximate surface area is 180 Å². The summed E-state index contributed by atoms with van der Waals surface area (Å²) in [5.41, 5.74) is 1.57. The van der Waals surface area contributed by atoms with Gasteiger partial charge in [-0.25, -0.2) is 4.98 Å². The van der Waals surface area contributed by atoms with Gasteiger partial charge in [0.05, 0.1) is 33.0 Å². The van der Waals surface area contributed by atoms with Gasteiger partial charge >= 0.3 is 0 Å². The predicted molar refractivity (Wildman–Crippen MR) is 112 cm³/mol. The van der Waals surface area contributed by atoms with E-state index in [1.165, 1.54) is 0 Å². The van der Waals surface area contributed by atoms with Crippen LogP contribution in [0.3, 0.4) is 0 Å².